The van der Waals surface area contributed by atoms with E-state index in [-0.39, 0.29) is 5.54 Å². The molecule has 2 aromatic heterocycles. The quantitative estimate of drug-likeness (QED) is 0.852. The minimum Gasteiger partial charge on any atom is -0.420 e. The summed E-state index contributed by atoms with van der Waals surface area (Å²) in [6.07, 6.45) is 1.82. The fourth-order valence-corrected chi connectivity index (χ4v) is 2.59. The number of aryl methyl sites for hydroxylation is 2. The molecular weight excluding hydrogens is 258 g/mol. The first-order chi connectivity index (χ1) is 8.96. The maximum atomic E-state index is 5.70. The molecule has 0 bridgehead atoms. The molecule has 0 saturated carbocycles. The molecule has 0 aliphatic carbocycles. The van der Waals surface area contributed by atoms with E-state index in [1.807, 2.05) is 5.38 Å². The molecule has 4 nitrogen and oxygen atoms in total. The van der Waals surface area contributed by atoms with Crippen molar-refractivity contribution in [3.8, 4) is 10.8 Å². The molecule has 0 aromatic carbocycles. The summed E-state index contributed by atoms with van der Waals surface area (Å²) in [4.78, 5) is 1.08. The minimum atomic E-state index is 0.161. The second-order valence-electron chi connectivity index (χ2n) is 5.71. The Labute approximate surface area is 118 Å². The predicted molar refractivity (Wildman–Crippen MR) is 78.4 cm³/mol. The SMILES string of the molecule is Cc1ccsc1-c1nnc(CCCNC(C)(C)C)o1. The highest BCUT2D eigenvalue weighted by atomic mass is 32.1. The van der Waals surface area contributed by atoms with Crippen molar-refractivity contribution in [3.63, 3.8) is 0 Å². The zero-order chi connectivity index (χ0) is 13.9. The van der Waals surface area contributed by atoms with Gasteiger partial charge >= 0.3 is 0 Å². The van der Waals surface area contributed by atoms with Gasteiger partial charge in [0.2, 0.25) is 5.89 Å². The van der Waals surface area contributed by atoms with E-state index in [2.05, 4.69) is 49.3 Å². The van der Waals surface area contributed by atoms with Gasteiger partial charge in [-0.3, -0.25) is 0 Å². The van der Waals surface area contributed by atoms with Crippen LogP contribution in [-0.4, -0.2) is 22.3 Å². The summed E-state index contributed by atoms with van der Waals surface area (Å²) in [5, 5.41) is 13.7. The Balaban J connectivity index is 1.87. The molecule has 0 spiro atoms. The van der Waals surface area contributed by atoms with Gasteiger partial charge in [0, 0.05) is 12.0 Å². The lowest BCUT2D eigenvalue weighted by atomic mass is 10.1. The molecule has 0 fully saturated rings. The predicted octanol–water partition coefficient (Wildman–Crippen LogP) is 3.43. The summed E-state index contributed by atoms with van der Waals surface area (Å²) in [6, 6.07) is 2.07. The molecule has 0 unspecified atom stereocenters. The highest BCUT2D eigenvalue weighted by molar-refractivity contribution is 7.13. The lowest BCUT2D eigenvalue weighted by Crippen LogP contribution is -2.36. The van der Waals surface area contributed by atoms with Crippen LogP contribution in [0.25, 0.3) is 10.8 Å². The smallest absolute Gasteiger partial charge is 0.257 e. The van der Waals surface area contributed by atoms with Crippen LogP contribution in [0.5, 0.6) is 0 Å². The summed E-state index contributed by atoms with van der Waals surface area (Å²) in [7, 11) is 0. The third-order valence-corrected chi connectivity index (χ3v) is 3.75. The number of hydrogen-bond acceptors (Lipinski definition) is 5. The molecule has 19 heavy (non-hydrogen) atoms. The molecule has 0 aliphatic heterocycles. The van der Waals surface area contributed by atoms with Crippen LogP contribution in [0.15, 0.2) is 15.9 Å². The van der Waals surface area contributed by atoms with E-state index in [0.29, 0.717) is 5.89 Å². The molecule has 0 atom stereocenters. The normalized spacial score (nSPS) is 12.0. The Bertz CT molecular complexity index is 525. The molecule has 0 amide bonds. The van der Waals surface area contributed by atoms with Crippen LogP contribution in [0, 0.1) is 6.92 Å². The average Bonchev–Trinajstić information content (AvgIpc) is 2.91. The van der Waals surface area contributed by atoms with Gasteiger partial charge in [-0.25, -0.2) is 0 Å². The fraction of sp³-hybridized carbons (Fsp3) is 0.571. The van der Waals surface area contributed by atoms with Gasteiger partial charge < -0.3 is 9.73 Å². The van der Waals surface area contributed by atoms with Gasteiger partial charge in [-0.2, -0.15) is 0 Å². The number of aromatic nitrogens is 2. The van der Waals surface area contributed by atoms with E-state index >= 15 is 0 Å². The first kappa shape index (κ1) is 14.2. The van der Waals surface area contributed by atoms with Crippen molar-refractivity contribution in [2.45, 2.75) is 46.1 Å². The van der Waals surface area contributed by atoms with Crippen LogP contribution >= 0.6 is 11.3 Å². The Morgan fingerprint density at radius 1 is 1.32 bits per heavy atom. The topological polar surface area (TPSA) is 51.0 Å². The molecule has 0 radical (unpaired) electrons. The van der Waals surface area contributed by atoms with E-state index in [1.54, 1.807) is 11.3 Å². The van der Waals surface area contributed by atoms with Gasteiger partial charge in [-0.05, 0) is 57.7 Å². The van der Waals surface area contributed by atoms with Crippen LogP contribution in [0.1, 0.15) is 38.6 Å². The van der Waals surface area contributed by atoms with Crippen LogP contribution in [-0.2, 0) is 6.42 Å². The van der Waals surface area contributed by atoms with Crippen molar-refractivity contribution >= 4 is 11.3 Å². The highest BCUT2D eigenvalue weighted by Gasteiger charge is 2.12. The van der Waals surface area contributed by atoms with Gasteiger partial charge in [0.25, 0.3) is 5.89 Å². The summed E-state index contributed by atoms with van der Waals surface area (Å²) in [5.74, 6) is 1.37. The number of thiophene rings is 1. The highest BCUT2D eigenvalue weighted by Crippen LogP contribution is 2.27. The molecule has 1 N–H and O–H groups in total. The fourth-order valence-electron chi connectivity index (χ4n) is 1.74. The van der Waals surface area contributed by atoms with Crippen LogP contribution in [0.4, 0.5) is 0 Å². The molecule has 0 saturated heterocycles. The number of nitrogens with one attached hydrogen (secondary N) is 1. The van der Waals surface area contributed by atoms with E-state index in [1.165, 1.54) is 5.56 Å². The number of nitrogens with zero attached hydrogens (tertiary/aromatic N) is 2. The lowest BCUT2D eigenvalue weighted by Gasteiger charge is -2.19. The summed E-state index contributed by atoms with van der Waals surface area (Å²) in [5.41, 5.74) is 1.35. The van der Waals surface area contributed by atoms with Crippen molar-refractivity contribution in [2.75, 3.05) is 6.54 Å². The average molecular weight is 279 g/mol. The summed E-state index contributed by atoms with van der Waals surface area (Å²) in [6.45, 7) is 9.51. The van der Waals surface area contributed by atoms with Crippen LogP contribution < -0.4 is 5.32 Å². The largest absolute Gasteiger partial charge is 0.420 e. The number of hydrogen-bond donors (Lipinski definition) is 1. The second kappa shape index (κ2) is 5.84. The third-order valence-electron chi connectivity index (χ3n) is 2.75. The monoisotopic (exact) mass is 279 g/mol. The van der Waals surface area contributed by atoms with E-state index in [9.17, 15) is 0 Å². The first-order valence-corrected chi connectivity index (χ1v) is 7.45. The standard InChI is InChI=1S/C14H21N3OS/c1-10-7-9-19-12(10)13-17-16-11(18-13)6-5-8-15-14(2,3)4/h7,9,15H,5-6,8H2,1-4H3. The maximum absolute atomic E-state index is 5.70. The van der Waals surface area contributed by atoms with Crippen molar-refractivity contribution in [1.82, 2.24) is 15.5 Å². The van der Waals surface area contributed by atoms with Crippen molar-refractivity contribution in [3.05, 3.63) is 22.9 Å². The Morgan fingerprint density at radius 2 is 2.11 bits per heavy atom. The van der Waals surface area contributed by atoms with E-state index in [0.717, 1.165) is 30.2 Å². The minimum absolute atomic E-state index is 0.161. The van der Waals surface area contributed by atoms with Gasteiger partial charge in [-0.15, -0.1) is 21.5 Å². The molecule has 2 aromatic rings. The molecule has 104 valence electrons. The second-order valence-corrected chi connectivity index (χ2v) is 6.63. The number of rotatable bonds is 5. The van der Waals surface area contributed by atoms with Crippen LogP contribution in [0.3, 0.4) is 0 Å². The molecular formula is C14H21N3OS. The molecule has 2 heterocycles. The third kappa shape index (κ3) is 4.14. The van der Waals surface area contributed by atoms with Crippen molar-refractivity contribution in [1.29, 1.82) is 0 Å². The Hall–Kier alpha value is -1.20. The zero-order valence-corrected chi connectivity index (χ0v) is 12.8. The van der Waals surface area contributed by atoms with Gasteiger partial charge in [-0.1, -0.05) is 0 Å². The van der Waals surface area contributed by atoms with Crippen molar-refractivity contribution in [2.24, 2.45) is 0 Å². The summed E-state index contributed by atoms with van der Waals surface area (Å²) >= 11 is 1.64. The van der Waals surface area contributed by atoms with Crippen molar-refractivity contribution < 1.29 is 4.42 Å². The first-order valence-electron chi connectivity index (χ1n) is 6.57. The van der Waals surface area contributed by atoms with Crippen LogP contribution in [0.2, 0.25) is 0 Å². The van der Waals surface area contributed by atoms with E-state index in [4.69, 9.17) is 4.42 Å². The van der Waals surface area contributed by atoms with Gasteiger partial charge in [0.05, 0.1) is 4.88 Å². The zero-order valence-electron chi connectivity index (χ0n) is 12.0. The summed E-state index contributed by atoms with van der Waals surface area (Å²) < 4.78 is 5.70. The molecule has 5 heteroatoms. The molecule has 0 aliphatic rings. The Kier molecular flexibility index (Phi) is 4.37. The van der Waals surface area contributed by atoms with E-state index < -0.39 is 0 Å². The van der Waals surface area contributed by atoms with Gasteiger partial charge in [0.1, 0.15) is 0 Å². The van der Waals surface area contributed by atoms with Gasteiger partial charge in [0.15, 0.2) is 0 Å². The lowest BCUT2D eigenvalue weighted by molar-refractivity contribution is 0.413. The molecule has 2 rings (SSSR count). The maximum Gasteiger partial charge on any atom is 0.257 e. The Morgan fingerprint density at radius 3 is 2.74 bits per heavy atom.